The maximum atomic E-state index is 12.0. The molecule has 0 aliphatic rings. The lowest BCUT2D eigenvalue weighted by atomic mass is 10.1. The highest BCUT2D eigenvalue weighted by Crippen LogP contribution is 2.15. The second-order valence-corrected chi connectivity index (χ2v) is 7.52. The molecule has 0 fully saturated rings. The second kappa shape index (κ2) is 9.64. The number of carbonyl (C=O) groups is 1. The van der Waals surface area contributed by atoms with E-state index in [0.29, 0.717) is 18.7 Å². The average Bonchev–Trinajstić information content (AvgIpc) is 2.46. The van der Waals surface area contributed by atoms with E-state index in [-0.39, 0.29) is 16.8 Å². The van der Waals surface area contributed by atoms with Crippen LogP contribution in [0.1, 0.15) is 46.0 Å². The van der Waals surface area contributed by atoms with Crippen LogP contribution < -0.4 is 15.8 Å². The lowest BCUT2D eigenvalue weighted by molar-refractivity contribution is -0.116. The van der Waals surface area contributed by atoms with Gasteiger partial charge in [0, 0.05) is 18.2 Å². The Bertz CT molecular complexity index is 583. The zero-order valence-electron chi connectivity index (χ0n) is 13.8. The monoisotopic (exact) mass is 341 g/mol. The molecule has 0 aromatic heterocycles. The van der Waals surface area contributed by atoms with Gasteiger partial charge in [-0.3, -0.25) is 4.79 Å². The van der Waals surface area contributed by atoms with Crippen LogP contribution in [0.25, 0.3) is 0 Å². The van der Waals surface area contributed by atoms with E-state index in [0.717, 1.165) is 25.7 Å². The number of rotatable bonds is 10. The molecule has 0 radical (unpaired) electrons. The summed E-state index contributed by atoms with van der Waals surface area (Å²) < 4.78 is 26.5. The van der Waals surface area contributed by atoms with Crippen molar-refractivity contribution < 1.29 is 13.2 Å². The van der Waals surface area contributed by atoms with E-state index in [1.807, 2.05) is 0 Å². The minimum Gasteiger partial charge on any atom is -0.330 e. The Balaban J connectivity index is 2.49. The number of benzene rings is 1. The fourth-order valence-corrected chi connectivity index (χ4v) is 3.35. The number of hydrogen-bond acceptors (Lipinski definition) is 4. The minimum absolute atomic E-state index is 0.0614. The first-order chi connectivity index (χ1) is 10.8. The van der Waals surface area contributed by atoms with Crippen molar-refractivity contribution in [1.29, 1.82) is 0 Å². The van der Waals surface area contributed by atoms with Gasteiger partial charge in [0.05, 0.1) is 4.90 Å². The largest absolute Gasteiger partial charge is 0.330 e. The Morgan fingerprint density at radius 2 is 1.70 bits per heavy atom. The molecule has 0 saturated carbocycles. The van der Waals surface area contributed by atoms with Gasteiger partial charge in [-0.1, -0.05) is 12.8 Å². The Labute approximate surface area is 138 Å². The van der Waals surface area contributed by atoms with Crippen LogP contribution in [0.5, 0.6) is 0 Å². The summed E-state index contributed by atoms with van der Waals surface area (Å²) in [5.41, 5.74) is 6.01. The third-order valence-electron chi connectivity index (χ3n) is 3.20. The van der Waals surface area contributed by atoms with Crippen LogP contribution in [0.4, 0.5) is 5.69 Å². The number of nitrogens with two attached hydrogens (primary N) is 1. The van der Waals surface area contributed by atoms with Crippen molar-refractivity contribution in [1.82, 2.24) is 4.72 Å². The Morgan fingerprint density at radius 3 is 2.26 bits per heavy atom. The number of nitrogens with one attached hydrogen (secondary N) is 2. The topological polar surface area (TPSA) is 101 Å². The summed E-state index contributed by atoms with van der Waals surface area (Å²) in [6, 6.07) is 6.00. The quantitative estimate of drug-likeness (QED) is 0.568. The van der Waals surface area contributed by atoms with Gasteiger partial charge in [0.1, 0.15) is 0 Å². The van der Waals surface area contributed by atoms with Crippen molar-refractivity contribution in [2.24, 2.45) is 5.73 Å². The molecule has 0 atom stereocenters. The molecule has 0 bridgehead atoms. The summed E-state index contributed by atoms with van der Waals surface area (Å²) in [6.07, 6.45) is 4.31. The van der Waals surface area contributed by atoms with Crippen LogP contribution in [0.2, 0.25) is 0 Å². The zero-order valence-corrected chi connectivity index (χ0v) is 14.7. The van der Waals surface area contributed by atoms with Gasteiger partial charge in [-0.05, 0) is 57.5 Å². The molecule has 4 N–H and O–H groups in total. The number of sulfonamides is 1. The normalized spacial score (nSPS) is 11.7. The van der Waals surface area contributed by atoms with Crippen LogP contribution >= 0.6 is 0 Å². The van der Waals surface area contributed by atoms with E-state index in [1.165, 1.54) is 12.1 Å². The number of amides is 1. The van der Waals surface area contributed by atoms with Crippen molar-refractivity contribution in [3.8, 4) is 0 Å². The maximum absolute atomic E-state index is 12.0. The summed E-state index contributed by atoms with van der Waals surface area (Å²) in [5.74, 6) is -0.0614. The van der Waals surface area contributed by atoms with E-state index in [9.17, 15) is 13.2 Å². The van der Waals surface area contributed by atoms with E-state index in [1.54, 1.807) is 26.0 Å². The third kappa shape index (κ3) is 7.58. The summed E-state index contributed by atoms with van der Waals surface area (Å²) in [7, 11) is -3.50. The highest BCUT2D eigenvalue weighted by Gasteiger charge is 2.15. The maximum Gasteiger partial charge on any atom is 0.240 e. The van der Waals surface area contributed by atoms with Crippen molar-refractivity contribution in [2.75, 3.05) is 11.9 Å². The molecule has 0 aliphatic heterocycles. The SMILES string of the molecule is CC(C)NS(=O)(=O)c1ccc(NC(=O)CCCCCCN)cc1. The zero-order chi connectivity index (χ0) is 17.3. The van der Waals surface area contributed by atoms with E-state index in [2.05, 4.69) is 10.0 Å². The highest BCUT2D eigenvalue weighted by atomic mass is 32.2. The van der Waals surface area contributed by atoms with Gasteiger partial charge in [0.2, 0.25) is 15.9 Å². The first-order valence-corrected chi connectivity index (χ1v) is 9.46. The first kappa shape index (κ1) is 19.6. The molecule has 23 heavy (non-hydrogen) atoms. The lowest BCUT2D eigenvalue weighted by Crippen LogP contribution is -2.30. The number of unbranched alkanes of at least 4 members (excludes halogenated alkanes) is 3. The second-order valence-electron chi connectivity index (χ2n) is 5.80. The molecular weight excluding hydrogens is 314 g/mol. The molecule has 0 heterocycles. The summed E-state index contributed by atoms with van der Waals surface area (Å²) in [4.78, 5) is 12.0. The number of hydrogen-bond donors (Lipinski definition) is 3. The molecule has 0 spiro atoms. The molecule has 0 unspecified atom stereocenters. The van der Waals surface area contributed by atoms with Gasteiger partial charge >= 0.3 is 0 Å². The van der Waals surface area contributed by atoms with Crippen LogP contribution in [0.3, 0.4) is 0 Å². The van der Waals surface area contributed by atoms with Crippen molar-refractivity contribution in [3.63, 3.8) is 0 Å². The standard InChI is InChI=1S/C16H27N3O3S/c1-13(2)19-23(21,22)15-10-8-14(9-11-15)18-16(20)7-5-3-4-6-12-17/h8-11,13,19H,3-7,12,17H2,1-2H3,(H,18,20). The summed E-state index contributed by atoms with van der Waals surface area (Å²) in [5, 5.41) is 2.77. The lowest BCUT2D eigenvalue weighted by Gasteiger charge is -2.10. The number of anilines is 1. The molecule has 1 rings (SSSR count). The smallest absolute Gasteiger partial charge is 0.240 e. The summed E-state index contributed by atoms with van der Waals surface area (Å²) >= 11 is 0. The Hall–Kier alpha value is -1.44. The molecule has 0 aliphatic carbocycles. The van der Waals surface area contributed by atoms with E-state index >= 15 is 0 Å². The fraction of sp³-hybridized carbons (Fsp3) is 0.562. The average molecular weight is 341 g/mol. The van der Waals surface area contributed by atoms with Crippen LogP contribution in [-0.2, 0) is 14.8 Å². The fourth-order valence-electron chi connectivity index (χ4n) is 2.10. The Morgan fingerprint density at radius 1 is 1.09 bits per heavy atom. The van der Waals surface area contributed by atoms with Gasteiger partial charge in [-0.15, -0.1) is 0 Å². The number of carbonyl (C=O) groups excluding carboxylic acids is 1. The van der Waals surface area contributed by atoms with Gasteiger partial charge < -0.3 is 11.1 Å². The van der Waals surface area contributed by atoms with Crippen LogP contribution in [0.15, 0.2) is 29.2 Å². The molecule has 7 heteroatoms. The molecule has 130 valence electrons. The van der Waals surface area contributed by atoms with Crippen LogP contribution in [0, 0.1) is 0 Å². The highest BCUT2D eigenvalue weighted by molar-refractivity contribution is 7.89. The third-order valence-corrected chi connectivity index (χ3v) is 4.87. The first-order valence-electron chi connectivity index (χ1n) is 7.97. The summed E-state index contributed by atoms with van der Waals surface area (Å²) in [6.45, 7) is 4.21. The van der Waals surface area contributed by atoms with Gasteiger partial charge in [0.15, 0.2) is 0 Å². The van der Waals surface area contributed by atoms with E-state index < -0.39 is 10.0 Å². The molecule has 1 amide bonds. The molecule has 1 aromatic carbocycles. The van der Waals surface area contributed by atoms with Gasteiger partial charge in [0.25, 0.3) is 0 Å². The van der Waals surface area contributed by atoms with Crippen molar-refractivity contribution in [3.05, 3.63) is 24.3 Å². The van der Waals surface area contributed by atoms with Gasteiger partial charge in [-0.25, -0.2) is 13.1 Å². The van der Waals surface area contributed by atoms with Crippen molar-refractivity contribution >= 4 is 21.6 Å². The predicted molar refractivity (Wildman–Crippen MR) is 92.7 cm³/mol. The van der Waals surface area contributed by atoms with E-state index in [4.69, 9.17) is 5.73 Å². The molecule has 6 nitrogen and oxygen atoms in total. The predicted octanol–water partition coefficient (Wildman–Crippen LogP) is 2.22. The molecular formula is C16H27N3O3S. The molecule has 0 saturated heterocycles. The van der Waals surface area contributed by atoms with Gasteiger partial charge in [-0.2, -0.15) is 0 Å². The minimum atomic E-state index is -3.50. The van der Waals surface area contributed by atoms with Crippen molar-refractivity contribution in [2.45, 2.75) is 56.9 Å². The van der Waals surface area contributed by atoms with Crippen LogP contribution in [-0.4, -0.2) is 26.9 Å². The Kier molecular flexibility index (Phi) is 8.22. The molecule has 1 aromatic rings.